The molecule has 150 valence electrons. The number of benzene rings is 2. The second kappa shape index (κ2) is 8.17. The Kier molecular flexibility index (Phi) is 5.45. The minimum atomic E-state index is -0.304. The van der Waals surface area contributed by atoms with E-state index in [9.17, 15) is 14.4 Å². The van der Waals surface area contributed by atoms with Crippen molar-refractivity contribution in [2.75, 3.05) is 32.7 Å². The summed E-state index contributed by atoms with van der Waals surface area (Å²) in [6.45, 7) is 6.15. The van der Waals surface area contributed by atoms with E-state index < -0.39 is 0 Å². The van der Waals surface area contributed by atoms with Gasteiger partial charge in [0.25, 0.3) is 11.8 Å². The summed E-state index contributed by atoms with van der Waals surface area (Å²) in [6.07, 6.45) is 0.170. The number of piperazine rings is 1. The Hall–Kier alpha value is -2.99. The Labute approximate surface area is 170 Å². The average Bonchev–Trinajstić information content (AvgIpc) is 2.99. The van der Waals surface area contributed by atoms with Crippen molar-refractivity contribution >= 4 is 17.7 Å². The molecule has 3 amide bonds. The van der Waals surface area contributed by atoms with Crippen LogP contribution in [0.25, 0.3) is 0 Å². The molecule has 2 aromatic rings. The molecule has 0 saturated carbocycles. The molecule has 2 heterocycles. The zero-order valence-electron chi connectivity index (χ0n) is 16.6. The molecule has 0 radical (unpaired) electrons. The summed E-state index contributed by atoms with van der Waals surface area (Å²) in [5, 5.41) is 0. The van der Waals surface area contributed by atoms with Crippen LogP contribution in [0.15, 0.2) is 48.5 Å². The minimum Gasteiger partial charge on any atom is -0.340 e. The van der Waals surface area contributed by atoms with Crippen molar-refractivity contribution in [1.29, 1.82) is 0 Å². The third kappa shape index (κ3) is 3.93. The molecule has 0 unspecified atom stereocenters. The Balaban J connectivity index is 1.27. The van der Waals surface area contributed by atoms with Gasteiger partial charge in [-0.25, -0.2) is 0 Å². The van der Waals surface area contributed by atoms with Crippen LogP contribution < -0.4 is 0 Å². The van der Waals surface area contributed by atoms with Crippen LogP contribution in [0.2, 0.25) is 0 Å². The van der Waals surface area contributed by atoms with Gasteiger partial charge < -0.3 is 4.90 Å². The number of hydrogen-bond acceptors (Lipinski definition) is 4. The monoisotopic (exact) mass is 391 g/mol. The van der Waals surface area contributed by atoms with E-state index in [1.807, 2.05) is 11.0 Å². The van der Waals surface area contributed by atoms with E-state index in [0.717, 1.165) is 19.6 Å². The van der Waals surface area contributed by atoms with E-state index in [-0.39, 0.29) is 30.7 Å². The fourth-order valence-corrected chi connectivity index (χ4v) is 3.99. The first-order valence-electron chi connectivity index (χ1n) is 10.0. The van der Waals surface area contributed by atoms with Crippen LogP contribution in [-0.2, 0) is 11.3 Å². The Morgan fingerprint density at radius 1 is 0.862 bits per heavy atom. The van der Waals surface area contributed by atoms with Crippen molar-refractivity contribution in [2.45, 2.75) is 19.9 Å². The molecule has 2 aliphatic heterocycles. The summed E-state index contributed by atoms with van der Waals surface area (Å²) >= 11 is 0. The Morgan fingerprint density at radius 2 is 1.45 bits per heavy atom. The number of nitrogens with zero attached hydrogens (tertiary/aromatic N) is 3. The van der Waals surface area contributed by atoms with Gasteiger partial charge in [0.1, 0.15) is 0 Å². The van der Waals surface area contributed by atoms with Gasteiger partial charge in [0.15, 0.2) is 0 Å². The van der Waals surface area contributed by atoms with Crippen LogP contribution in [0.1, 0.15) is 38.3 Å². The predicted octanol–water partition coefficient (Wildman–Crippen LogP) is 2.33. The van der Waals surface area contributed by atoms with E-state index in [0.29, 0.717) is 24.2 Å². The van der Waals surface area contributed by atoms with Crippen molar-refractivity contribution in [1.82, 2.24) is 14.7 Å². The van der Waals surface area contributed by atoms with Crippen molar-refractivity contribution in [3.05, 3.63) is 70.8 Å². The zero-order chi connectivity index (χ0) is 20.4. The Morgan fingerprint density at radius 3 is 2.07 bits per heavy atom. The number of amides is 3. The molecule has 2 aromatic carbocycles. The van der Waals surface area contributed by atoms with E-state index in [2.05, 4.69) is 30.0 Å². The number of carbonyl (C=O) groups is 3. The van der Waals surface area contributed by atoms with Crippen LogP contribution in [-0.4, -0.2) is 65.1 Å². The first-order valence-corrected chi connectivity index (χ1v) is 10.0. The van der Waals surface area contributed by atoms with Gasteiger partial charge in [-0.05, 0) is 30.2 Å². The van der Waals surface area contributed by atoms with E-state index in [1.165, 1.54) is 16.0 Å². The van der Waals surface area contributed by atoms with Crippen LogP contribution in [0.3, 0.4) is 0 Å². The topological polar surface area (TPSA) is 60.9 Å². The largest absolute Gasteiger partial charge is 0.340 e. The number of imide groups is 1. The van der Waals surface area contributed by atoms with Gasteiger partial charge in [-0.3, -0.25) is 24.2 Å². The summed E-state index contributed by atoms with van der Waals surface area (Å²) < 4.78 is 0. The molecular weight excluding hydrogens is 366 g/mol. The smallest absolute Gasteiger partial charge is 0.261 e. The third-order valence-electron chi connectivity index (χ3n) is 5.81. The summed E-state index contributed by atoms with van der Waals surface area (Å²) in [6, 6.07) is 15.2. The summed E-state index contributed by atoms with van der Waals surface area (Å²) in [5.74, 6) is -0.611. The quantitative estimate of drug-likeness (QED) is 0.734. The molecular formula is C23H25N3O3. The first kappa shape index (κ1) is 19.3. The highest BCUT2D eigenvalue weighted by Gasteiger charge is 2.35. The summed E-state index contributed by atoms with van der Waals surface area (Å²) in [5.41, 5.74) is 3.45. The lowest BCUT2D eigenvalue weighted by Crippen LogP contribution is -2.49. The number of rotatable bonds is 5. The minimum absolute atomic E-state index is 0.00269. The number of fused-ring (bicyclic) bond motifs is 1. The van der Waals surface area contributed by atoms with Gasteiger partial charge in [-0.2, -0.15) is 0 Å². The van der Waals surface area contributed by atoms with Crippen LogP contribution in [0, 0.1) is 6.92 Å². The van der Waals surface area contributed by atoms with Crippen LogP contribution in [0.5, 0.6) is 0 Å². The lowest BCUT2D eigenvalue weighted by atomic mass is 10.1. The number of carbonyl (C=O) groups excluding carboxylic acids is 3. The molecule has 1 fully saturated rings. The van der Waals surface area contributed by atoms with Crippen LogP contribution >= 0.6 is 0 Å². The maximum Gasteiger partial charge on any atom is 0.261 e. The fraction of sp³-hybridized carbons (Fsp3) is 0.348. The van der Waals surface area contributed by atoms with E-state index in [4.69, 9.17) is 0 Å². The van der Waals surface area contributed by atoms with Crippen LogP contribution in [0.4, 0.5) is 0 Å². The molecule has 4 rings (SSSR count). The van der Waals surface area contributed by atoms with E-state index >= 15 is 0 Å². The SMILES string of the molecule is Cc1ccccc1CN1CCN(C(=O)CCN2C(=O)c3ccccc3C2=O)CC1. The molecule has 0 atom stereocenters. The molecule has 0 aromatic heterocycles. The molecule has 0 aliphatic carbocycles. The van der Waals surface area contributed by atoms with E-state index in [1.54, 1.807) is 24.3 Å². The second-order valence-electron chi connectivity index (χ2n) is 7.64. The first-order chi connectivity index (χ1) is 14.0. The van der Waals surface area contributed by atoms with Crippen molar-refractivity contribution < 1.29 is 14.4 Å². The summed E-state index contributed by atoms with van der Waals surface area (Å²) in [4.78, 5) is 42.8. The zero-order valence-corrected chi connectivity index (χ0v) is 16.6. The van der Waals surface area contributed by atoms with Gasteiger partial charge in [-0.15, -0.1) is 0 Å². The fourth-order valence-electron chi connectivity index (χ4n) is 3.99. The highest BCUT2D eigenvalue weighted by Crippen LogP contribution is 2.22. The lowest BCUT2D eigenvalue weighted by Gasteiger charge is -2.35. The second-order valence-corrected chi connectivity index (χ2v) is 7.64. The molecule has 0 N–H and O–H groups in total. The molecule has 0 spiro atoms. The van der Waals surface area contributed by atoms with Gasteiger partial charge in [0.2, 0.25) is 5.91 Å². The maximum absolute atomic E-state index is 12.6. The third-order valence-corrected chi connectivity index (χ3v) is 5.81. The summed E-state index contributed by atoms with van der Waals surface area (Å²) in [7, 11) is 0. The predicted molar refractivity (Wildman–Crippen MR) is 109 cm³/mol. The maximum atomic E-state index is 12.6. The molecule has 1 saturated heterocycles. The number of hydrogen-bond donors (Lipinski definition) is 0. The lowest BCUT2D eigenvalue weighted by molar-refractivity contribution is -0.133. The van der Waals surface area contributed by atoms with Crippen molar-refractivity contribution in [3.63, 3.8) is 0 Å². The molecule has 29 heavy (non-hydrogen) atoms. The molecule has 0 bridgehead atoms. The van der Waals surface area contributed by atoms with Gasteiger partial charge >= 0.3 is 0 Å². The van der Waals surface area contributed by atoms with Gasteiger partial charge in [-0.1, -0.05) is 36.4 Å². The molecule has 6 heteroatoms. The average molecular weight is 391 g/mol. The van der Waals surface area contributed by atoms with Crippen molar-refractivity contribution in [3.8, 4) is 0 Å². The molecule has 6 nitrogen and oxygen atoms in total. The standard InChI is InChI=1S/C23H25N3O3/c1-17-6-2-3-7-18(17)16-24-12-14-25(15-13-24)21(27)10-11-26-22(28)19-8-4-5-9-20(19)23(26)29/h2-9H,10-16H2,1H3. The number of aryl methyl sites for hydroxylation is 1. The van der Waals surface area contributed by atoms with Gasteiger partial charge in [0, 0.05) is 45.7 Å². The highest BCUT2D eigenvalue weighted by atomic mass is 16.2. The molecule has 2 aliphatic rings. The van der Waals surface area contributed by atoms with Gasteiger partial charge in [0.05, 0.1) is 11.1 Å². The van der Waals surface area contributed by atoms with Crippen molar-refractivity contribution in [2.24, 2.45) is 0 Å². The normalized spacial score (nSPS) is 17.0. The highest BCUT2D eigenvalue weighted by molar-refractivity contribution is 6.21. The Bertz CT molecular complexity index is 913.